The third-order valence-corrected chi connectivity index (χ3v) is 5.72. The molecule has 1 N–H and O–H groups in total. The first-order chi connectivity index (χ1) is 10.9. The van der Waals surface area contributed by atoms with Gasteiger partial charge in [0.05, 0.1) is 13.2 Å². The van der Waals surface area contributed by atoms with E-state index in [1.165, 1.54) is 13.0 Å². The summed E-state index contributed by atoms with van der Waals surface area (Å²) in [5.41, 5.74) is 0.515. The van der Waals surface area contributed by atoms with Crippen molar-refractivity contribution in [3.8, 4) is 0 Å². The van der Waals surface area contributed by atoms with Crippen LogP contribution in [0.3, 0.4) is 0 Å². The van der Waals surface area contributed by atoms with Crippen molar-refractivity contribution in [1.82, 2.24) is 15.1 Å². The summed E-state index contributed by atoms with van der Waals surface area (Å²) in [6.07, 6.45) is 2.38. The van der Waals surface area contributed by atoms with Crippen molar-refractivity contribution in [3.63, 3.8) is 0 Å². The summed E-state index contributed by atoms with van der Waals surface area (Å²) in [6, 6.07) is 0. The van der Waals surface area contributed by atoms with E-state index in [2.05, 4.69) is 49.7 Å². The standard InChI is InChI=1S/C18H36N4O.HI/c1-6-19-16(22-15-17(2,3)18(22,4)5)20-9-7-8-10-21-11-13-23-14-12-21;/h6-15H2,1-5H3,(H,19,20);1H. The van der Waals surface area contributed by atoms with Gasteiger partial charge >= 0.3 is 0 Å². The van der Waals surface area contributed by atoms with Crippen molar-refractivity contribution in [2.24, 2.45) is 10.4 Å². The van der Waals surface area contributed by atoms with Gasteiger partial charge < -0.3 is 15.0 Å². The van der Waals surface area contributed by atoms with Gasteiger partial charge in [0.15, 0.2) is 5.96 Å². The van der Waals surface area contributed by atoms with Gasteiger partial charge in [-0.15, -0.1) is 24.0 Å². The van der Waals surface area contributed by atoms with Crippen molar-refractivity contribution in [2.75, 3.05) is 52.5 Å². The summed E-state index contributed by atoms with van der Waals surface area (Å²) >= 11 is 0. The zero-order chi connectivity index (χ0) is 16.9. The van der Waals surface area contributed by atoms with Crippen LogP contribution < -0.4 is 5.32 Å². The minimum atomic E-state index is 0. The van der Waals surface area contributed by atoms with Crippen molar-refractivity contribution < 1.29 is 4.74 Å². The first-order valence-electron chi connectivity index (χ1n) is 9.24. The van der Waals surface area contributed by atoms with E-state index < -0.39 is 0 Å². The van der Waals surface area contributed by atoms with Crippen LogP contribution >= 0.6 is 24.0 Å². The molecule has 0 aliphatic carbocycles. The lowest BCUT2D eigenvalue weighted by Gasteiger charge is -2.62. The van der Waals surface area contributed by atoms with Crippen molar-refractivity contribution in [3.05, 3.63) is 0 Å². The van der Waals surface area contributed by atoms with E-state index in [4.69, 9.17) is 9.73 Å². The Kier molecular flexibility index (Phi) is 8.76. The summed E-state index contributed by atoms with van der Waals surface area (Å²) in [5, 5.41) is 3.47. The predicted octanol–water partition coefficient (Wildman–Crippen LogP) is 2.80. The van der Waals surface area contributed by atoms with E-state index in [0.29, 0.717) is 5.41 Å². The number of rotatable bonds is 6. The number of nitrogens with one attached hydrogen (secondary N) is 1. The van der Waals surface area contributed by atoms with Gasteiger partial charge in [0, 0.05) is 43.7 Å². The van der Waals surface area contributed by atoms with Crippen LogP contribution in [0.2, 0.25) is 0 Å². The smallest absolute Gasteiger partial charge is 0.194 e. The summed E-state index contributed by atoms with van der Waals surface area (Å²) < 4.78 is 5.39. The van der Waals surface area contributed by atoms with E-state index in [0.717, 1.165) is 58.3 Å². The number of hydrogen-bond donors (Lipinski definition) is 1. The van der Waals surface area contributed by atoms with E-state index in [-0.39, 0.29) is 29.5 Å². The molecule has 0 aromatic carbocycles. The largest absolute Gasteiger partial charge is 0.379 e. The summed E-state index contributed by atoms with van der Waals surface area (Å²) in [4.78, 5) is 9.80. The maximum absolute atomic E-state index is 5.39. The highest BCUT2D eigenvalue weighted by Crippen LogP contribution is 2.46. The Balaban J connectivity index is 0.00000288. The van der Waals surface area contributed by atoms with Crippen LogP contribution in [0.1, 0.15) is 47.5 Å². The Morgan fingerprint density at radius 3 is 2.33 bits per heavy atom. The highest BCUT2D eigenvalue weighted by Gasteiger charge is 2.53. The second-order valence-corrected chi connectivity index (χ2v) is 7.93. The van der Waals surface area contributed by atoms with Gasteiger partial charge in [-0.2, -0.15) is 0 Å². The Bertz CT molecular complexity index is 406. The minimum absolute atomic E-state index is 0. The Hall–Kier alpha value is -0.0800. The zero-order valence-corrected chi connectivity index (χ0v) is 18.6. The molecule has 0 bridgehead atoms. The third kappa shape index (κ3) is 5.21. The monoisotopic (exact) mass is 452 g/mol. The van der Waals surface area contributed by atoms with Crippen LogP contribution in [0.25, 0.3) is 0 Å². The maximum Gasteiger partial charge on any atom is 0.194 e. The molecule has 0 saturated carbocycles. The van der Waals surface area contributed by atoms with Gasteiger partial charge in [-0.25, -0.2) is 0 Å². The van der Waals surface area contributed by atoms with E-state index in [1.807, 2.05) is 0 Å². The SMILES string of the molecule is CCNC(=NCCCCN1CCOCC1)N1CC(C)(C)C1(C)C.I. The summed E-state index contributed by atoms with van der Waals surface area (Å²) in [6.45, 7) is 19.5. The lowest BCUT2D eigenvalue weighted by Crippen LogP contribution is -2.72. The molecule has 2 rings (SSSR count). The lowest BCUT2D eigenvalue weighted by molar-refractivity contribution is -0.0667. The average Bonchev–Trinajstić information content (AvgIpc) is 2.52. The molecule has 0 spiro atoms. The molecule has 142 valence electrons. The normalized spacial score (nSPS) is 23.4. The third-order valence-electron chi connectivity index (χ3n) is 5.72. The molecular formula is C18H37IN4O. The molecule has 0 radical (unpaired) electrons. The fourth-order valence-electron chi connectivity index (χ4n) is 3.25. The molecule has 2 aliphatic heterocycles. The van der Waals surface area contributed by atoms with Gasteiger partial charge in [-0.1, -0.05) is 13.8 Å². The van der Waals surface area contributed by atoms with Crippen LogP contribution in [0.4, 0.5) is 0 Å². The molecule has 0 unspecified atom stereocenters. The van der Waals surface area contributed by atoms with Crippen molar-refractivity contribution >= 4 is 29.9 Å². The summed E-state index contributed by atoms with van der Waals surface area (Å²) in [5.74, 6) is 1.09. The molecule has 2 heterocycles. The molecule has 6 heteroatoms. The van der Waals surface area contributed by atoms with Crippen LogP contribution in [0.15, 0.2) is 4.99 Å². The number of halogens is 1. The van der Waals surface area contributed by atoms with E-state index in [9.17, 15) is 0 Å². The van der Waals surface area contributed by atoms with Gasteiger partial charge in [-0.05, 0) is 40.2 Å². The maximum atomic E-state index is 5.39. The number of unbranched alkanes of at least 4 members (excludes halogenated alkanes) is 1. The Labute approximate surface area is 165 Å². The fourth-order valence-corrected chi connectivity index (χ4v) is 3.25. The number of likely N-dealkylation sites (tertiary alicyclic amines) is 1. The number of hydrogen-bond acceptors (Lipinski definition) is 3. The highest BCUT2D eigenvalue weighted by molar-refractivity contribution is 14.0. The molecule has 0 amide bonds. The number of aliphatic imine (C=N–C) groups is 1. The number of ether oxygens (including phenoxy) is 1. The Morgan fingerprint density at radius 1 is 1.12 bits per heavy atom. The first kappa shape index (κ1) is 22.0. The second-order valence-electron chi connectivity index (χ2n) is 7.93. The average molecular weight is 452 g/mol. The second kappa shape index (κ2) is 9.57. The van der Waals surface area contributed by atoms with Crippen LogP contribution in [-0.2, 0) is 4.74 Å². The molecule has 0 aromatic rings. The topological polar surface area (TPSA) is 40.1 Å². The van der Waals surface area contributed by atoms with Crippen LogP contribution in [0, 0.1) is 5.41 Å². The predicted molar refractivity (Wildman–Crippen MR) is 112 cm³/mol. The molecule has 5 nitrogen and oxygen atoms in total. The van der Waals surface area contributed by atoms with E-state index in [1.54, 1.807) is 0 Å². The van der Waals surface area contributed by atoms with Gasteiger partial charge in [-0.3, -0.25) is 9.89 Å². The number of morpholine rings is 1. The zero-order valence-electron chi connectivity index (χ0n) is 16.2. The molecule has 0 atom stereocenters. The van der Waals surface area contributed by atoms with E-state index >= 15 is 0 Å². The quantitative estimate of drug-likeness (QED) is 0.291. The minimum Gasteiger partial charge on any atom is -0.379 e. The van der Waals surface area contributed by atoms with Crippen molar-refractivity contribution in [1.29, 1.82) is 0 Å². The molecule has 24 heavy (non-hydrogen) atoms. The fraction of sp³-hybridized carbons (Fsp3) is 0.944. The number of nitrogens with zero attached hydrogens (tertiary/aromatic N) is 3. The molecule has 2 fully saturated rings. The first-order valence-corrected chi connectivity index (χ1v) is 9.24. The van der Waals surface area contributed by atoms with Gasteiger partial charge in [0.25, 0.3) is 0 Å². The molecule has 2 saturated heterocycles. The number of guanidine groups is 1. The lowest BCUT2D eigenvalue weighted by atomic mass is 9.65. The van der Waals surface area contributed by atoms with Gasteiger partial charge in [0.2, 0.25) is 0 Å². The highest BCUT2D eigenvalue weighted by atomic mass is 127. The van der Waals surface area contributed by atoms with Crippen molar-refractivity contribution in [2.45, 2.75) is 53.0 Å². The molecule has 2 aliphatic rings. The Morgan fingerprint density at radius 2 is 1.79 bits per heavy atom. The molecule has 0 aromatic heterocycles. The van der Waals surface area contributed by atoms with Gasteiger partial charge in [0.1, 0.15) is 0 Å². The summed E-state index contributed by atoms with van der Waals surface area (Å²) in [7, 11) is 0. The van der Waals surface area contributed by atoms with Crippen LogP contribution in [-0.4, -0.2) is 73.8 Å². The van der Waals surface area contributed by atoms with Crippen LogP contribution in [0.5, 0.6) is 0 Å². The molecular weight excluding hydrogens is 415 g/mol.